The Morgan fingerprint density at radius 1 is 1.35 bits per heavy atom. The number of non-ortho nitro benzene ring substituents is 1. The fourth-order valence-corrected chi connectivity index (χ4v) is 1.64. The minimum absolute atomic E-state index is 0.0151. The van der Waals surface area contributed by atoms with Crippen LogP contribution in [-0.4, -0.2) is 22.4 Å². The normalized spacial score (nSPS) is 11.7. The summed E-state index contributed by atoms with van der Waals surface area (Å²) in [5.41, 5.74) is 1.38. The largest absolute Gasteiger partial charge is 0.554 e. The Balaban J connectivity index is 3.03. The summed E-state index contributed by atoms with van der Waals surface area (Å²) in [6.45, 7) is 2.73. The first-order chi connectivity index (χ1) is 9.31. The summed E-state index contributed by atoms with van der Waals surface area (Å²) >= 11 is 0. The third-order valence-electron chi connectivity index (χ3n) is 1.98. The second-order valence-electron chi connectivity index (χ2n) is 3.49. The molecule has 1 aromatic rings. The van der Waals surface area contributed by atoms with Crippen molar-refractivity contribution in [3.63, 3.8) is 0 Å². The highest BCUT2D eigenvalue weighted by molar-refractivity contribution is 7.38. The molecule has 0 aliphatic heterocycles. The standard InChI is InChI=1S/C9H10N4O6P/c1-6(19-20(2)18)10-11-8-4-3-7(12(14)15)5-9(8)13(16)17/h3-5,11H,1-2H3/q+1. The first kappa shape index (κ1) is 15.4. The first-order valence-electron chi connectivity index (χ1n) is 5.13. The SMILES string of the molecule is CC(=NNc1ccc([N+](=O)[O-])cc1[N+](=O)[O-])O[P+](C)=O. The third kappa shape index (κ3) is 4.25. The van der Waals surface area contributed by atoms with Gasteiger partial charge in [-0.2, -0.15) is 0 Å². The fraction of sp³-hybridized carbons (Fsp3) is 0.222. The average molecular weight is 301 g/mol. The lowest BCUT2D eigenvalue weighted by Gasteiger charge is -2.01. The maximum Gasteiger partial charge on any atom is 0.554 e. The Kier molecular flexibility index (Phi) is 5.04. The summed E-state index contributed by atoms with van der Waals surface area (Å²) in [6.07, 6.45) is 0. The van der Waals surface area contributed by atoms with Gasteiger partial charge in [0.25, 0.3) is 11.6 Å². The van der Waals surface area contributed by atoms with E-state index in [0.717, 1.165) is 18.2 Å². The highest BCUT2D eigenvalue weighted by Crippen LogP contribution is 2.29. The summed E-state index contributed by atoms with van der Waals surface area (Å²) in [7, 11) is -1.90. The Hall–Kier alpha value is -2.61. The molecule has 106 valence electrons. The monoisotopic (exact) mass is 301 g/mol. The van der Waals surface area contributed by atoms with Crippen LogP contribution in [0, 0.1) is 20.2 Å². The van der Waals surface area contributed by atoms with Crippen LogP contribution >= 0.6 is 8.03 Å². The molecule has 1 atom stereocenters. The van der Waals surface area contributed by atoms with Crippen LogP contribution < -0.4 is 5.43 Å². The lowest BCUT2D eigenvalue weighted by molar-refractivity contribution is -0.393. The zero-order valence-corrected chi connectivity index (χ0v) is 11.4. The van der Waals surface area contributed by atoms with Gasteiger partial charge in [0, 0.05) is 13.0 Å². The molecule has 1 N–H and O–H groups in total. The Morgan fingerprint density at radius 3 is 2.50 bits per heavy atom. The predicted molar refractivity (Wildman–Crippen MR) is 71.1 cm³/mol. The number of nitro groups is 2. The summed E-state index contributed by atoms with van der Waals surface area (Å²) in [5.74, 6) is 0.0151. The second kappa shape index (κ2) is 6.53. The molecule has 1 rings (SSSR count). The van der Waals surface area contributed by atoms with Gasteiger partial charge in [0.15, 0.2) is 6.66 Å². The van der Waals surface area contributed by atoms with Crippen molar-refractivity contribution in [2.75, 3.05) is 12.1 Å². The van der Waals surface area contributed by atoms with E-state index in [4.69, 9.17) is 4.52 Å². The molecule has 0 bridgehead atoms. The molecule has 0 aliphatic carbocycles. The van der Waals surface area contributed by atoms with Crippen LogP contribution in [-0.2, 0) is 9.09 Å². The van der Waals surface area contributed by atoms with Gasteiger partial charge in [-0.05, 0) is 10.6 Å². The van der Waals surface area contributed by atoms with Crippen LogP contribution in [0.3, 0.4) is 0 Å². The van der Waals surface area contributed by atoms with E-state index in [9.17, 15) is 24.8 Å². The Labute approximate surface area is 113 Å². The molecule has 20 heavy (non-hydrogen) atoms. The minimum atomic E-state index is -1.90. The molecule has 0 heterocycles. The molecule has 0 aromatic heterocycles. The quantitative estimate of drug-likeness (QED) is 0.290. The summed E-state index contributed by atoms with van der Waals surface area (Å²) < 4.78 is 15.5. The van der Waals surface area contributed by atoms with Crippen LogP contribution in [0.15, 0.2) is 23.3 Å². The maximum atomic E-state index is 10.8. The molecule has 0 radical (unpaired) electrons. The van der Waals surface area contributed by atoms with Crippen LogP contribution in [0.2, 0.25) is 0 Å². The smallest absolute Gasteiger partial charge is 0.268 e. The molecule has 1 unspecified atom stereocenters. The van der Waals surface area contributed by atoms with Crippen molar-refractivity contribution in [3.05, 3.63) is 38.4 Å². The van der Waals surface area contributed by atoms with E-state index in [1.54, 1.807) is 0 Å². The third-order valence-corrected chi connectivity index (χ3v) is 2.50. The van der Waals surface area contributed by atoms with Crippen molar-refractivity contribution in [2.45, 2.75) is 6.92 Å². The molecule has 1 aromatic carbocycles. The van der Waals surface area contributed by atoms with E-state index in [1.807, 2.05) is 0 Å². The van der Waals surface area contributed by atoms with E-state index >= 15 is 0 Å². The van der Waals surface area contributed by atoms with Gasteiger partial charge in [-0.25, -0.2) is 4.52 Å². The second-order valence-corrected chi connectivity index (χ2v) is 4.55. The minimum Gasteiger partial charge on any atom is -0.268 e. The number of anilines is 1. The van der Waals surface area contributed by atoms with Crippen LogP contribution in [0.25, 0.3) is 0 Å². The summed E-state index contributed by atoms with van der Waals surface area (Å²) in [6, 6.07) is 3.06. The van der Waals surface area contributed by atoms with Gasteiger partial charge in [-0.3, -0.25) is 25.7 Å². The van der Waals surface area contributed by atoms with Crippen molar-refractivity contribution in [3.8, 4) is 0 Å². The van der Waals surface area contributed by atoms with Crippen molar-refractivity contribution in [1.29, 1.82) is 0 Å². The molecular formula is C9H10N4O6P+. The number of nitrogens with one attached hydrogen (secondary N) is 1. The maximum absolute atomic E-state index is 10.8. The lowest BCUT2D eigenvalue weighted by atomic mass is 10.2. The number of benzene rings is 1. The highest BCUT2D eigenvalue weighted by Gasteiger charge is 2.19. The molecule has 10 nitrogen and oxygen atoms in total. The Bertz CT molecular complexity index is 602. The van der Waals surface area contributed by atoms with E-state index in [-0.39, 0.29) is 11.6 Å². The van der Waals surface area contributed by atoms with Crippen LogP contribution in [0.5, 0.6) is 0 Å². The molecule has 11 heteroatoms. The van der Waals surface area contributed by atoms with Gasteiger partial charge < -0.3 is 0 Å². The average Bonchev–Trinajstić information content (AvgIpc) is 2.35. The molecule has 0 saturated heterocycles. The van der Waals surface area contributed by atoms with Crippen molar-refractivity contribution in [1.82, 2.24) is 0 Å². The van der Waals surface area contributed by atoms with Crippen molar-refractivity contribution >= 4 is 31.0 Å². The molecule has 0 aliphatic rings. The van der Waals surface area contributed by atoms with Crippen molar-refractivity contribution < 1.29 is 18.9 Å². The van der Waals surface area contributed by atoms with E-state index in [1.165, 1.54) is 13.6 Å². The summed E-state index contributed by atoms with van der Waals surface area (Å²) in [4.78, 5) is 19.9. The van der Waals surface area contributed by atoms with E-state index in [2.05, 4.69) is 10.5 Å². The molecule has 0 amide bonds. The van der Waals surface area contributed by atoms with Gasteiger partial charge in [0.05, 0.1) is 15.9 Å². The fourth-order valence-electron chi connectivity index (χ4n) is 1.22. The number of hydrogen-bond donors (Lipinski definition) is 1. The summed E-state index contributed by atoms with van der Waals surface area (Å²) in [5, 5.41) is 25.0. The Morgan fingerprint density at radius 2 is 2.00 bits per heavy atom. The lowest BCUT2D eigenvalue weighted by Crippen LogP contribution is -2.01. The van der Waals surface area contributed by atoms with Crippen molar-refractivity contribution in [2.24, 2.45) is 5.10 Å². The molecule has 0 saturated carbocycles. The molecular weight excluding hydrogens is 291 g/mol. The highest BCUT2D eigenvalue weighted by atomic mass is 31.1. The van der Waals surface area contributed by atoms with E-state index in [0.29, 0.717) is 0 Å². The number of hydrogen-bond acceptors (Lipinski definition) is 8. The van der Waals surface area contributed by atoms with Gasteiger partial charge in [-0.15, -0.1) is 5.10 Å². The van der Waals surface area contributed by atoms with Gasteiger partial charge in [0.1, 0.15) is 5.69 Å². The van der Waals surface area contributed by atoms with Gasteiger partial charge in [0.2, 0.25) is 0 Å². The predicted octanol–water partition coefficient (Wildman–Crippen LogP) is 2.64. The van der Waals surface area contributed by atoms with Crippen LogP contribution in [0.1, 0.15) is 6.92 Å². The number of rotatable bonds is 5. The van der Waals surface area contributed by atoms with Crippen LogP contribution in [0.4, 0.5) is 17.1 Å². The van der Waals surface area contributed by atoms with E-state index < -0.39 is 29.2 Å². The topological polar surface area (TPSA) is 137 Å². The zero-order valence-electron chi connectivity index (χ0n) is 10.5. The van der Waals surface area contributed by atoms with Gasteiger partial charge >= 0.3 is 13.7 Å². The number of hydrazone groups is 1. The van der Waals surface area contributed by atoms with Gasteiger partial charge in [-0.1, -0.05) is 0 Å². The first-order valence-corrected chi connectivity index (χ1v) is 6.75. The number of nitrogens with zero attached hydrogens (tertiary/aromatic N) is 3. The number of nitro benzene ring substituents is 2. The zero-order chi connectivity index (χ0) is 15.3. The molecule has 0 fully saturated rings. The molecule has 0 spiro atoms.